The van der Waals surface area contributed by atoms with E-state index in [9.17, 15) is 0 Å². The van der Waals surface area contributed by atoms with Crippen molar-refractivity contribution in [3.8, 4) is 11.1 Å². The lowest BCUT2D eigenvalue weighted by Gasteiger charge is -2.28. The van der Waals surface area contributed by atoms with Crippen molar-refractivity contribution in [3.63, 3.8) is 0 Å². The van der Waals surface area contributed by atoms with Gasteiger partial charge >= 0.3 is 0 Å². The van der Waals surface area contributed by atoms with Crippen LogP contribution in [0.5, 0.6) is 0 Å². The van der Waals surface area contributed by atoms with Crippen molar-refractivity contribution in [2.45, 2.75) is 4.08 Å². The molecule has 0 heterocycles. The van der Waals surface area contributed by atoms with E-state index in [2.05, 4.69) is 80.8 Å². The fraction of sp³-hybridized carbons (Fsp3) is 0.200. The van der Waals surface area contributed by atoms with E-state index in [1.54, 1.807) is 0 Å². The molecule has 0 saturated carbocycles. The van der Waals surface area contributed by atoms with E-state index in [0.717, 1.165) is 8.95 Å². The number of hydrogen-bond donors (Lipinski definition) is 0. The summed E-state index contributed by atoms with van der Waals surface area (Å²) < 4.78 is 2.29. The third kappa shape index (κ3) is 2.03. The first-order chi connectivity index (χ1) is 9.12. The highest BCUT2D eigenvalue weighted by Crippen LogP contribution is 2.60. The zero-order chi connectivity index (χ0) is 13.6. The van der Waals surface area contributed by atoms with Gasteiger partial charge in [-0.15, -0.1) is 23.5 Å². The Morgan fingerprint density at radius 3 is 1.58 bits per heavy atom. The highest BCUT2D eigenvalue weighted by molar-refractivity contribution is 9.10. The van der Waals surface area contributed by atoms with Crippen molar-refractivity contribution in [1.29, 1.82) is 0 Å². The van der Waals surface area contributed by atoms with Crippen molar-refractivity contribution in [1.82, 2.24) is 0 Å². The second-order valence-corrected chi connectivity index (χ2v) is 8.54. The summed E-state index contributed by atoms with van der Waals surface area (Å²) in [5.74, 6) is 0. The standard InChI is InChI=1S/C15H12Br2S2/c1-18-15(19-2)13-7-9(16)3-5-11(13)12-6-4-10(17)8-14(12)15/h3-8H,1-2H3. The molecule has 4 heteroatoms. The third-order valence-corrected chi connectivity index (χ3v) is 7.55. The highest BCUT2D eigenvalue weighted by atomic mass is 79.9. The van der Waals surface area contributed by atoms with Crippen LogP contribution >= 0.6 is 55.4 Å². The van der Waals surface area contributed by atoms with E-state index < -0.39 is 0 Å². The molecule has 98 valence electrons. The Hall–Kier alpha value is 0.1000. The minimum absolute atomic E-state index is 0.00176. The maximum atomic E-state index is 3.61. The summed E-state index contributed by atoms with van der Waals surface area (Å²) in [6.07, 6.45) is 4.38. The maximum Gasteiger partial charge on any atom is 0.112 e. The molecular weight excluding hydrogens is 404 g/mol. The molecule has 0 saturated heterocycles. The van der Waals surface area contributed by atoms with Crippen molar-refractivity contribution >= 4 is 55.4 Å². The molecule has 0 fully saturated rings. The lowest BCUT2D eigenvalue weighted by Crippen LogP contribution is -2.15. The molecule has 0 bridgehead atoms. The van der Waals surface area contributed by atoms with E-state index >= 15 is 0 Å². The smallest absolute Gasteiger partial charge is 0.112 e. The number of halogens is 2. The Morgan fingerprint density at radius 2 is 1.21 bits per heavy atom. The quantitative estimate of drug-likeness (QED) is 0.542. The Labute approximate surface area is 139 Å². The minimum atomic E-state index is -0.00176. The summed E-state index contributed by atoms with van der Waals surface area (Å²) in [6, 6.07) is 13.2. The minimum Gasteiger partial charge on any atom is -0.138 e. The van der Waals surface area contributed by atoms with Crippen LogP contribution in [0, 0.1) is 0 Å². The maximum absolute atomic E-state index is 3.61. The number of rotatable bonds is 2. The monoisotopic (exact) mass is 414 g/mol. The van der Waals surface area contributed by atoms with Crippen LogP contribution in [0.15, 0.2) is 45.3 Å². The van der Waals surface area contributed by atoms with Crippen LogP contribution in [0.1, 0.15) is 11.1 Å². The van der Waals surface area contributed by atoms with E-state index in [1.165, 1.54) is 22.3 Å². The Morgan fingerprint density at radius 1 is 0.789 bits per heavy atom. The van der Waals surface area contributed by atoms with Gasteiger partial charge in [-0.05, 0) is 59.0 Å². The number of fused-ring (bicyclic) bond motifs is 3. The SMILES string of the molecule is CSC1(SC)c2cc(Br)ccc2-c2ccc(Br)cc21. The fourth-order valence-corrected chi connectivity index (χ4v) is 5.66. The molecule has 0 unspecified atom stereocenters. The molecule has 0 N–H and O–H groups in total. The summed E-state index contributed by atoms with van der Waals surface area (Å²) in [4.78, 5) is 0. The normalized spacial score (nSPS) is 15.2. The van der Waals surface area contributed by atoms with Crippen LogP contribution in [0.25, 0.3) is 11.1 Å². The Kier molecular flexibility index (Phi) is 3.80. The molecule has 1 aliphatic carbocycles. The van der Waals surface area contributed by atoms with Crippen LogP contribution in [0.2, 0.25) is 0 Å². The topological polar surface area (TPSA) is 0 Å². The summed E-state index contributed by atoms with van der Waals surface area (Å²) in [6.45, 7) is 0. The first kappa shape index (κ1) is 14.1. The molecule has 0 amide bonds. The number of thioether (sulfide) groups is 2. The fourth-order valence-electron chi connectivity index (χ4n) is 2.72. The number of hydrogen-bond acceptors (Lipinski definition) is 2. The molecular formula is C15H12Br2S2. The van der Waals surface area contributed by atoms with Crippen LogP contribution in [-0.2, 0) is 4.08 Å². The average Bonchev–Trinajstić information content (AvgIpc) is 2.67. The first-order valence-electron chi connectivity index (χ1n) is 5.83. The summed E-state index contributed by atoms with van der Waals surface area (Å²) in [5, 5.41) is 0. The molecule has 0 nitrogen and oxygen atoms in total. The van der Waals surface area contributed by atoms with E-state index in [0.29, 0.717) is 0 Å². The van der Waals surface area contributed by atoms with E-state index in [4.69, 9.17) is 0 Å². The second-order valence-electron chi connectivity index (χ2n) is 4.40. The second kappa shape index (κ2) is 5.14. The van der Waals surface area contributed by atoms with Crippen LogP contribution in [-0.4, -0.2) is 12.5 Å². The van der Waals surface area contributed by atoms with Crippen LogP contribution in [0.3, 0.4) is 0 Å². The zero-order valence-electron chi connectivity index (χ0n) is 10.5. The summed E-state index contributed by atoms with van der Waals surface area (Å²) >= 11 is 11.0. The molecule has 1 aliphatic rings. The Bertz CT molecular complexity index is 595. The van der Waals surface area contributed by atoms with Crippen molar-refractivity contribution < 1.29 is 0 Å². The van der Waals surface area contributed by atoms with Gasteiger partial charge in [0.15, 0.2) is 0 Å². The van der Waals surface area contributed by atoms with E-state index in [1.807, 2.05) is 23.5 Å². The first-order valence-corrected chi connectivity index (χ1v) is 9.86. The third-order valence-electron chi connectivity index (χ3n) is 3.54. The lowest BCUT2D eigenvalue weighted by atomic mass is 10.1. The highest BCUT2D eigenvalue weighted by Gasteiger charge is 2.42. The molecule has 0 atom stereocenters. The van der Waals surface area contributed by atoms with E-state index in [-0.39, 0.29) is 4.08 Å². The Balaban J connectivity index is 2.38. The van der Waals surface area contributed by atoms with Crippen LogP contribution in [0.4, 0.5) is 0 Å². The van der Waals surface area contributed by atoms with Gasteiger partial charge in [0.25, 0.3) is 0 Å². The van der Waals surface area contributed by atoms with Gasteiger partial charge in [0, 0.05) is 8.95 Å². The lowest BCUT2D eigenvalue weighted by molar-refractivity contribution is 1.13. The number of benzene rings is 2. The molecule has 0 aromatic heterocycles. The van der Waals surface area contributed by atoms with Crippen molar-refractivity contribution in [2.75, 3.05) is 12.5 Å². The van der Waals surface area contributed by atoms with Gasteiger partial charge in [0.2, 0.25) is 0 Å². The molecule has 2 aromatic rings. The average molecular weight is 416 g/mol. The largest absolute Gasteiger partial charge is 0.138 e. The zero-order valence-corrected chi connectivity index (χ0v) is 15.3. The van der Waals surface area contributed by atoms with Crippen LogP contribution < -0.4 is 0 Å². The summed E-state index contributed by atoms with van der Waals surface area (Å²) in [5.41, 5.74) is 5.51. The molecule has 0 spiro atoms. The van der Waals surface area contributed by atoms with Gasteiger partial charge in [-0.1, -0.05) is 44.0 Å². The molecule has 3 rings (SSSR count). The predicted octanol–water partition coefficient (Wildman–Crippen LogP) is 6.12. The molecule has 0 aliphatic heterocycles. The predicted molar refractivity (Wildman–Crippen MR) is 95.1 cm³/mol. The van der Waals surface area contributed by atoms with Crippen molar-refractivity contribution in [3.05, 3.63) is 56.5 Å². The van der Waals surface area contributed by atoms with Gasteiger partial charge in [0.1, 0.15) is 4.08 Å². The van der Waals surface area contributed by atoms with Crippen molar-refractivity contribution in [2.24, 2.45) is 0 Å². The van der Waals surface area contributed by atoms with Gasteiger partial charge in [-0.3, -0.25) is 0 Å². The summed E-state index contributed by atoms with van der Waals surface area (Å²) in [7, 11) is 0. The molecule has 0 radical (unpaired) electrons. The van der Waals surface area contributed by atoms with Gasteiger partial charge in [-0.2, -0.15) is 0 Å². The van der Waals surface area contributed by atoms with Gasteiger partial charge in [0.05, 0.1) is 0 Å². The van der Waals surface area contributed by atoms with Gasteiger partial charge < -0.3 is 0 Å². The van der Waals surface area contributed by atoms with Gasteiger partial charge in [-0.25, -0.2) is 0 Å². The molecule has 19 heavy (non-hydrogen) atoms. The molecule has 2 aromatic carbocycles.